The molecule has 0 heterocycles. The second-order valence-electron chi connectivity index (χ2n) is 3.60. The Labute approximate surface area is 93.5 Å². The van der Waals surface area contributed by atoms with Crippen LogP contribution < -0.4 is 5.32 Å². The summed E-state index contributed by atoms with van der Waals surface area (Å²) in [5.41, 5.74) is 0. The van der Waals surface area contributed by atoms with Gasteiger partial charge in [0, 0.05) is 6.42 Å². The average Bonchev–Trinajstić information content (AvgIpc) is 2.26. The van der Waals surface area contributed by atoms with Gasteiger partial charge in [0.15, 0.2) is 0 Å². The molecule has 0 radical (unpaired) electrons. The highest BCUT2D eigenvalue weighted by Crippen LogP contribution is 1.99. The molecule has 0 saturated heterocycles. The summed E-state index contributed by atoms with van der Waals surface area (Å²) >= 11 is 0. The first-order valence-electron chi connectivity index (χ1n) is 5.84. The molecule has 0 spiro atoms. The maximum atomic E-state index is 11.4. The molecular formula is C12H24N2O. The Bertz CT molecular complexity index is 176. The van der Waals surface area contributed by atoms with Crippen LogP contribution in [0.4, 0.5) is 0 Å². The lowest BCUT2D eigenvalue weighted by Gasteiger charge is -2.18. The van der Waals surface area contributed by atoms with Crippen molar-refractivity contribution in [2.45, 2.75) is 39.5 Å². The van der Waals surface area contributed by atoms with Gasteiger partial charge in [-0.3, -0.25) is 9.69 Å². The number of allylic oxidation sites excluding steroid dienone is 1. The van der Waals surface area contributed by atoms with E-state index in [1.165, 1.54) is 0 Å². The summed E-state index contributed by atoms with van der Waals surface area (Å²) in [5, 5.41) is 2.92. The van der Waals surface area contributed by atoms with Crippen LogP contribution in [-0.2, 0) is 4.79 Å². The molecule has 0 rings (SSSR count). The van der Waals surface area contributed by atoms with Crippen LogP contribution in [0.2, 0.25) is 0 Å². The van der Waals surface area contributed by atoms with E-state index in [1.54, 1.807) is 0 Å². The first kappa shape index (κ1) is 14.2. The summed E-state index contributed by atoms with van der Waals surface area (Å²) in [7, 11) is 0. The van der Waals surface area contributed by atoms with Gasteiger partial charge in [-0.15, -0.1) is 6.58 Å². The third kappa shape index (κ3) is 8.18. The first-order chi connectivity index (χ1) is 7.24. The molecule has 0 aromatic heterocycles. The van der Waals surface area contributed by atoms with Crippen LogP contribution in [0.3, 0.4) is 0 Å². The Kier molecular flexibility index (Phi) is 9.18. The molecule has 3 nitrogen and oxygen atoms in total. The molecule has 0 aliphatic rings. The molecule has 0 bridgehead atoms. The number of rotatable bonds is 9. The van der Waals surface area contributed by atoms with E-state index in [2.05, 4.69) is 30.6 Å². The quantitative estimate of drug-likeness (QED) is 0.361. The van der Waals surface area contributed by atoms with Crippen LogP contribution in [0.5, 0.6) is 0 Å². The van der Waals surface area contributed by atoms with Crippen molar-refractivity contribution in [2.75, 3.05) is 19.8 Å². The van der Waals surface area contributed by atoms with Crippen LogP contribution >= 0.6 is 0 Å². The van der Waals surface area contributed by atoms with Gasteiger partial charge in [0.25, 0.3) is 0 Å². The van der Waals surface area contributed by atoms with E-state index in [0.29, 0.717) is 13.1 Å². The molecule has 1 N–H and O–H groups in total. The summed E-state index contributed by atoms with van der Waals surface area (Å²) in [4.78, 5) is 13.6. The highest BCUT2D eigenvalue weighted by molar-refractivity contribution is 5.75. The first-order valence-corrected chi connectivity index (χ1v) is 5.84. The predicted octanol–water partition coefficient (Wildman–Crippen LogP) is 2.15. The minimum absolute atomic E-state index is 0.158. The maximum Gasteiger partial charge on any atom is 0.220 e. The topological polar surface area (TPSA) is 32.3 Å². The maximum absolute atomic E-state index is 11.4. The fraction of sp³-hybridized carbons (Fsp3) is 0.750. The lowest BCUT2D eigenvalue weighted by molar-refractivity contribution is -0.121. The van der Waals surface area contributed by atoms with E-state index in [1.807, 2.05) is 6.08 Å². The Balaban J connectivity index is 3.43. The molecule has 88 valence electrons. The van der Waals surface area contributed by atoms with Crippen molar-refractivity contribution in [3.05, 3.63) is 12.7 Å². The Hall–Kier alpha value is -0.830. The second kappa shape index (κ2) is 9.71. The molecule has 0 aromatic rings. The van der Waals surface area contributed by atoms with Gasteiger partial charge in [-0.2, -0.15) is 0 Å². The summed E-state index contributed by atoms with van der Waals surface area (Å²) in [6.07, 6.45) is 5.55. The third-order valence-corrected chi connectivity index (χ3v) is 2.46. The largest absolute Gasteiger partial charge is 0.343 e. The normalized spacial score (nSPS) is 10.3. The highest BCUT2D eigenvalue weighted by Gasteiger charge is 2.02. The fourth-order valence-electron chi connectivity index (χ4n) is 1.31. The van der Waals surface area contributed by atoms with Crippen LogP contribution in [0.15, 0.2) is 12.7 Å². The van der Waals surface area contributed by atoms with Crippen LogP contribution in [-0.4, -0.2) is 30.6 Å². The average molecular weight is 212 g/mol. The molecule has 0 saturated carbocycles. The van der Waals surface area contributed by atoms with E-state index in [9.17, 15) is 4.79 Å². The number of nitrogens with one attached hydrogen (secondary N) is 1. The van der Waals surface area contributed by atoms with E-state index < -0.39 is 0 Å². The minimum Gasteiger partial charge on any atom is -0.343 e. The molecular weight excluding hydrogens is 188 g/mol. The van der Waals surface area contributed by atoms with Crippen LogP contribution in [0.25, 0.3) is 0 Å². The lowest BCUT2D eigenvalue weighted by Crippen LogP contribution is -2.37. The SMILES string of the molecule is C=CCCCCC(=O)NCN(CC)CC. The van der Waals surface area contributed by atoms with E-state index >= 15 is 0 Å². The summed E-state index contributed by atoms with van der Waals surface area (Å²) in [6.45, 7) is 10.5. The van der Waals surface area contributed by atoms with Crippen molar-refractivity contribution in [2.24, 2.45) is 0 Å². The summed E-state index contributed by atoms with van der Waals surface area (Å²) in [6, 6.07) is 0. The van der Waals surface area contributed by atoms with E-state index in [-0.39, 0.29) is 5.91 Å². The number of hydrogen-bond donors (Lipinski definition) is 1. The Morgan fingerprint density at radius 1 is 1.33 bits per heavy atom. The van der Waals surface area contributed by atoms with Gasteiger partial charge in [-0.25, -0.2) is 0 Å². The van der Waals surface area contributed by atoms with Gasteiger partial charge >= 0.3 is 0 Å². The molecule has 1 amide bonds. The molecule has 0 fully saturated rings. The van der Waals surface area contributed by atoms with Crippen LogP contribution in [0, 0.1) is 0 Å². The lowest BCUT2D eigenvalue weighted by atomic mass is 10.2. The highest BCUT2D eigenvalue weighted by atomic mass is 16.1. The number of carbonyl (C=O) groups excluding carboxylic acids is 1. The van der Waals surface area contributed by atoms with Gasteiger partial charge in [0.1, 0.15) is 0 Å². The van der Waals surface area contributed by atoms with Crippen molar-refractivity contribution in [3.63, 3.8) is 0 Å². The van der Waals surface area contributed by atoms with Crippen molar-refractivity contribution >= 4 is 5.91 Å². The molecule has 15 heavy (non-hydrogen) atoms. The molecule has 3 heteroatoms. The Morgan fingerprint density at radius 2 is 2.00 bits per heavy atom. The van der Waals surface area contributed by atoms with Gasteiger partial charge in [-0.05, 0) is 32.4 Å². The molecule has 0 aliphatic carbocycles. The van der Waals surface area contributed by atoms with Crippen molar-refractivity contribution in [3.8, 4) is 0 Å². The number of carbonyl (C=O) groups is 1. The van der Waals surface area contributed by atoms with E-state index in [0.717, 1.165) is 32.4 Å². The Morgan fingerprint density at radius 3 is 2.53 bits per heavy atom. The number of unbranched alkanes of at least 4 members (excludes halogenated alkanes) is 2. The second-order valence-corrected chi connectivity index (χ2v) is 3.60. The number of amides is 1. The zero-order chi connectivity index (χ0) is 11.5. The standard InChI is InChI=1S/C12H24N2O/c1-4-7-8-9-10-12(15)13-11-14(5-2)6-3/h4H,1,5-11H2,2-3H3,(H,13,15). The van der Waals surface area contributed by atoms with Gasteiger partial charge in [0.05, 0.1) is 6.67 Å². The van der Waals surface area contributed by atoms with Crippen molar-refractivity contribution < 1.29 is 4.79 Å². The van der Waals surface area contributed by atoms with Crippen LogP contribution in [0.1, 0.15) is 39.5 Å². The molecule has 0 unspecified atom stereocenters. The predicted molar refractivity (Wildman–Crippen MR) is 64.6 cm³/mol. The number of nitrogens with zero attached hydrogens (tertiary/aromatic N) is 1. The molecule has 0 aromatic carbocycles. The third-order valence-electron chi connectivity index (χ3n) is 2.46. The van der Waals surface area contributed by atoms with Gasteiger partial charge < -0.3 is 5.32 Å². The smallest absolute Gasteiger partial charge is 0.220 e. The molecule has 0 atom stereocenters. The summed E-state index contributed by atoms with van der Waals surface area (Å²) in [5.74, 6) is 0.158. The van der Waals surface area contributed by atoms with Gasteiger partial charge in [0.2, 0.25) is 5.91 Å². The fourth-order valence-corrected chi connectivity index (χ4v) is 1.31. The zero-order valence-electron chi connectivity index (χ0n) is 10.1. The van der Waals surface area contributed by atoms with Crippen molar-refractivity contribution in [1.29, 1.82) is 0 Å². The number of hydrogen-bond acceptors (Lipinski definition) is 2. The molecule has 0 aliphatic heterocycles. The van der Waals surface area contributed by atoms with Crippen molar-refractivity contribution in [1.82, 2.24) is 10.2 Å². The zero-order valence-corrected chi connectivity index (χ0v) is 10.1. The van der Waals surface area contributed by atoms with Gasteiger partial charge in [-0.1, -0.05) is 19.9 Å². The summed E-state index contributed by atoms with van der Waals surface area (Å²) < 4.78 is 0. The van der Waals surface area contributed by atoms with E-state index in [4.69, 9.17) is 0 Å². The monoisotopic (exact) mass is 212 g/mol. The minimum atomic E-state index is 0.158.